The fourth-order valence-electron chi connectivity index (χ4n) is 3.70. The number of ether oxygens (including phenoxy) is 1. The molecule has 2 fully saturated rings. The highest BCUT2D eigenvalue weighted by Crippen LogP contribution is 2.26. The normalized spacial score (nSPS) is 20.5. The van der Waals surface area contributed by atoms with E-state index in [1.54, 1.807) is 0 Å². The van der Waals surface area contributed by atoms with Crippen molar-refractivity contribution in [2.45, 2.75) is 19.4 Å². The van der Waals surface area contributed by atoms with Crippen LogP contribution in [0.1, 0.15) is 12.0 Å². The summed E-state index contributed by atoms with van der Waals surface area (Å²) in [5.41, 5.74) is 1.23. The minimum absolute atomic E-state index is 0.420. The molecule has 1 unspecified atom stereocenters. The highest BCUT2D eigenvalue weighted by molar-refractivity contribution is 5.50. The van der Waals surface area contributed by atoms with E-state index in [1.165, 1.54) is 5.56 Å². The molecule has 0 aliphatic carbocycles. The average molecular weight is 354 g/mol. The summed E-state index contributed by atoms with van der Waals surface area (Å²) in [5.74, 6) is 2.87. The molecule has 0 radical (unpaired) electrons. The van der Waals surface area contributed by atoms with Gasteiger partial charge in [-0.15, -0.1) is 0 Å². The number of anilines is 3. The summed E-state index contributed by atoms with van der Waals surface area (Å²) in [6.07, 6.45) is 4.83. The topological polar surface area (TPSA) is 57.6 Å². The van der Waals surface area contributed by atoms with Gasteiger partial charge >= 0.3 is 0 Å². The molecule has 138 valence electrons. The van der Waals surface area contributed by atoms with Crippen LogP contribution >= 0.6 is 0 Å². The van der Waals surface area contributed by atoms with Crippen LogP contribution in [-0.2, 0) is 4.74 Å². The number of nitrogens with zero attached hydrogens (tertiary/aromatic N) is 6. The molecule has 0 saturated carbocycles. The van der Waals surface area contributed by atoms with E-state index in [9.17, 15) is 0 Å². The molecule has 2 aromatic heterocycles. The summed E-state index contributed by atoms with van der Waals surface area (Å²) >= 11 is 0. The van der Waals surface area contributed by atoms with Crippen molar-refractivity contribution in [3.05, 3.63) is 36.2 Å². The largest absolute Gasteiger partial charge is 0.378 e. The standard InChI is InChI=1S/C19H26N6O/c1-15-4-3-7-20-18(15)25-9-6-16(14-25)23(2)17-5-8-21-19(22-17)24-10-12-26-13-11-24/h3-5,7-8,16H,6,9-14H2,1-2H3. The second-order valence-corrected chi connectivity index (χ2v) is 6.96. The van der Waals surface area contributed by atoms with Gasteiger partial charge in [0.25, 0.3) is 0 Å². The van der Waals surface area contributed by atoms with E-state index in [-0.39, 0.29) is 0 Å². The molecule has 2 saturated heterocycles. The van der Waals surface area contributed by atoms with E-state index in [0.29, 0.717) is 6.04 Å². The lowest BCUT2D eigenvalue weighted by molar-refractivity contribution is 0.122. The van der Waals surface area contributed by atoms with Gasteiger partial charge in [0, 0.05) is 51.7 Å². The monoisotopic (exact) mass is 354 g/mol. The number of aryl methyl sites for hydroxylation is 1. The zero-order valence-electron chi connectivity index (χ0n) is 15.5. The summed E-state index contributed by atoms with van der Waals surface area (Å²) in [6, 6.07) is 6.53. The molecule has 26 heavy (non-hydrogen) atoms. The Hall–Kier alpha value is -2.41. The Kier molecular flexibility index (Phi) is 4.88. The van der Waals surface area contributed by atoms with Crippen LogP contribution in [0.25, 0.3) is 0 Å². The zero-order chi connectivity index (χ0) is 17.9. The van der Waals surface area contributed by atoms with Gasteiger partial charge < -0.3 is 19.4 Å². The van der Waals surface area contributed by atoms with E-state index < -0.39 is 0 Å². The van der Waals surface area contributed by atoms with Crippen LogP contribution in [0, 0.1) is 6.92 Å². The van der Waals surface area contributed by atoms with Crippen LogP contribution in [0.15, 0.2) is 30.6 Å². The maximum absolute atomic E-state index is 5.42. The van der Waals surface area contributed by atoms with Gasteiger partial charge in [-0.1, -0.05) is 6.07 Å². The smallest absolute Gasteiger partial charge is 0.227 e. The Balaban J connectivity index is 1.46. The lowest BCUT2D eigenvalue weighted by atomic mass is 10.2. The maximum atomic E-state index is 5.42. The first kappa shape index (κ1) is 17.0. The Morgan fingerprint density at radius 2 is 1.92 bits per heavy atom. The molecule has 0 amide bonds. The van der Waals surface area contributed by atoms with Gasteiger partial charge in [-0.3, -0.25) is 0 Å². The summed E-state index contributed by atoms with van der Waals surface area (Å²) in [5, 5.41) is 0. The SMILES string of the molecule is Cc1cccnc1N1CCC(N(C)c2ccnc(N3CCOCC3)n2)C1. The number of morpholine rings is 1. The second-order valence-electron chi connectivity index (χ2n) is 6.96. The van der Waals surface area contributed by atoms with Gasteiger partial charge in [-0.2, -0.15) is 4.98 Å². The van der Waals surface area contributed by atoms with Crippen molar-refractivity contribution in [2.24, 2.45) is 0 Å². The highest BCUT2D eigenvalue weighted by atomic mass is 16.5. The predicted octanol–water partition coefficient (Wildman–Crippen LogP) is 1.73. The first-order valence-electron chi connectivity index (χ1n) is 9.27. The number of likely N-dealkylation sites (N-methyl/N-ethyl adjacent to an activating group) is 1. The van der Waals surface area contributed by atoms with Crippen LogP contribution in [0.5, 0.6) is 0 Å². The van der Waals surface area contributed by atoms with Gasteiger partial charge in [0.05, 0.1) is 13.2 Å². The molecular weight excluding hydrogens is 328 g/mol. The van der Waals surface area contributed by atoms with Crippen molar-refractivity contribution >= 4 is 17.6 Å². The maximum Gasteiger partial charge on any atom is 0.227 e. The number of hydrogen-bond donors (Lipinski definition) is 0. The Morgan fingerprint density at radius 3 is 2.73 bits per heavy atom. The lowest BCUT2D eigenvalue weighted by Gasteiger charge is -2.29. The van der Waals surface area contributed by atoms with E-state index >= 15 is 0 Å². The number of hydrogen-bond acceptors (Lipinski definition) is 7. The van der Waals surface area contributed by atoms with Crippen molar-refractivity contribution in [3.8, 4) is 0 Å². The molecule has 7 heteroatoms. The molecule has 4 rings (SSSR count). The van der Waals surface area contributed by atoms with Gasteiger partial charge in [0.2, 0.25) is 5.95 Å². The molecule has 0 aromatic carbocycles. The number of aromatic nitrogens is 3. The van der Waals surface area contributed by atoms with Crippen LogP contribution < -0.4 is 14.7 Å². The highest BCUT2D eigenvalue weighted by Gasteiger charge is 2.28. The first-order chi connectivity index (χ1) is 12.7. The fraction of sp³-hybridized carbons (Fsp3) is 0.526. The van der Waals surface area contributed by atoms with Crippen molar-refractivity contribution in [3.63, 3.8) is 0 Å². The molecule has 0 spiro atoms. The molecule has 2 aliphatic rings. The van der Waals surface area contributed by atoms with Crippen LogP contribution in [0.4, 0.5) is 17.6 Å². The fourth-order valence-corrected chi connectivity index (χ4v) is 3.70. The molecule has 2 aliphatic heterocycles. The van der Waals surface area contributed by atoms with Crippen molar-refractivity contribution in [1.82, 2.24) is 15.0 Å². The van der Waals surface area contributed by atoms with Gasteiger partial charge in [0.1, 0.15) is 11.6 Å². The second kappa shape index (κ2) is 7.45. The summed E-state index contributed by atoms with van der Waals surface area (Å²) in [4.78, 5) is 20.7. The molecule has 4 heterocycles. The molecule has 0 bridgehead atoms. The predicted molar refractivity (Wildman–Crippen MR) is 103 cm³/mol. The van der Waals surface area contributed by atoms with E-state index in [0.717, 1.165) is 63.4 Å². The minimum atomic E-state index is 0.420. The summed E-state index contributed by atoms with van der Waals surface area (Å²) in [6.45, 7) is 7.29. The van der Waals surface area contributed by atoms with Gasteiger partial charge in [-0.25, -0.2) is 9.97 Å². The van der Waals surface area contributed by atoms with E-state index in [4.69, 9.17) is 9.72 Å². The molecule has 0 N–H and O–H groups in total. The molecule has 1 atom stereocenters. The Bertz CT molecular complexity index is 748. The first-order valence-corrected chi connectivity index (χ1v) is 9.27. The lowest BCUT2D eigenvalue weighted by Crippen LogP contribution is -2.38. The number of rotatable bonds is 4. The van der Waals surface area contributed by atoms with Crippen molar-refractivity contribution < 1.29 is 4.74 Å². The average Bonchev–Trinajstić information content (AvgIpc) is 3.18. The van der Waals surface area contributed by atoms with Crippen LogP contribution in [-0.4, -0.2) is 67.4 Å². The number of pyridine rings is 1. The van der Waals surface area contributed by atoms with E-state index in [2.05, 4.69) is 44.7 Å². The molecule has 7 nitrogen and oxygen atoms in total. The minimum Gasteiger partial charge on any atom is -0.378 e. The van der Waals surface area contributed by atoms with Crippen molar-refractivity contribution in [1.29, 1.82) is 0 Å². The third-order valence-electron chi connectivity index (χ3n) is 5.28. The van der Waals surface area contributed by atoms with Crippen molar-refractivity contribution in [2.75, 3.05) is 61.1 Å². The summed E-state index contributed by atoms with van der Waals surface area (Å²) < 4.78 is 5.42. The Morgan fingerprint density at radius 1 is 1.08 bits per heavy atom. The summed E-state index contributed by atoms with van der Waals surface area (Å²) in [7, 11) is 2.13. The van der Waals surface area contributed by atoms with Crippen LogP contribution in [0.2, 0.25) is 0 Å². The molecular formula is C19H26N6O. The Labute approximate surface area is 154 Å². The van der Waals surface area contributed by atoms with Gasteiger partial charge in [0.15, 0.2) is 0 Å². The molecule has 2 aromatic rings. The van der Waals surface area contributed by atoms with E-state index in [1.807, 2.05) is 24.5 Å². The third-order valence-corrected chi connectivity index (χ3v) is 5.28. The van der Waals surface area contributed by atoms with Crippen LogP contribution in [0.3, 0.4) is 0 Å². The third kappa shape index (κ3) is 3.44. The quantitative estimate of drug-likeness (QED) is 0.829. The zero-order valence-corrected chi connectivity index (χ0v) is 15.5. The van der Waals surface area contributed by atoms with Gasteiger partial charge in [-0.05, 0) is 31.0 Å².